The van der Waals surface area contributed by atoms with Gasteiger partial charge in [0.15, 0.2) is 0 Å². The number of anilines is 3. The summed E-state index contributed by atoms with van der Waals surface area (Å²) >= 11 is 0. The Hall–Kier alpha value is -2.24. The number of hydrogen-bond acceptors (Lipinski definition) is 4. The number of nitrogens with one attached hydrogen (secondary N) is 3. The van der Waals surface area contributed by atoms with E-state index in [-0.39, 0.29) is 17.9 Å². The smallest absolute Gasteiger partial charge is 0.224 e. The lowest BCUT2D eigenvalue weighted by molar-refractivity contribution is -0.119. The van der Waals surface area contributed by atoms with Crippen LogP contribution in [0.15, 0.2) is 12.1 Å². The van der Waals surface area contributed by atoms with Gasteiger partial charge in [-0.25, -0.2) is 0 Å². The lowest BCUT2D eigenvalue weighted by Crippen LogP contribution is -2.32. The summed E-state index contributed by atoms with van der Waals surface area (Å²) in [6, 6.07) is 3.95. The lowest BCUT2D eigenvalue weighted by Gasteiger charge is -2.20. The fourth-order valence-electron chi connectivity index (χ4n) is 2.66. The van der Waals surface area contributed by atoms with Crippen molar-refractivity contribution in [3.63, 3.8) is 0 Å². The van der Waals surface area contributed by atoms with E-state index in [1.807, 2.05) is 6.07 Å². The standard InChI is InChI=1S/C14H18N4O2/c15-10-6-11-8(1-3-14(20)18-11)5-12(10)16-7-9-2-4-13(19)17-9/h5-6,9,16H,1-4,7,15H2,(H,17,19)(H,18,20). The average Bonchev–Trinajstić information content (AvgIpc) is 2.82. The Labute approximate surface area is 117 Å². The number of rotatable bonds is 3. The van der Waals surface area contributed by atoms with Crippen molar-refractivity contribution in [2.45, 2.75) is 31.7 Å². The Morgan fingerprint density at radius 3 is 2.80 bits per heavy atom. The second-order valence-corrected chi connectivity index (χ2v) is 5.33. The third kappa shape index (κ3) is 2.54. The minimum absolute atomic E-state index is 0.0336. The van der Waals surface area contributed by atoms with Gasteiger partial charge in [-0.3, -0.25) is 9.59 Å². The van der Waals surface area contributed by atoms with Crippen molar-refractivity contribution < 1.29 is 9.59 Å². The van der Waals surface area contributed by atoms with Crippen molar-refractivity contribution >= 4 is 28.9 Å². The molecule has 3 rings (SSSR count). The highest BCUT2D eigenvalue weighted by molar-refractivity contribution is 5.95. The van der Waals surface area contributed by atoms with E-state index in [2.05, 4.69) is 16.0 Å². The highest BCUT2D eigenvalue weighted by Gasteiger charge is 2.21. The molecular formula is C14H18N4O2. The molecule has 1 saturated heterocycles. The molecule has 1 aromatic carbocycles. The van der Waals surface area contributed by atoms with Gasteiger partial charge in [-0.15, -0.1) is 0 Å². The molecule has 0 aliphatic carbocycles. The number of nitrogens with two attached hydrogens (primary N) is 1. The number of hydrogen-bond donors (Lipinski definition) is 4. The minimum atomic E-state index is 0.0336. The monoisotopic (exact) mass is 274 g/mol. The van der Waals surface area contributed by atoms with Crippen LogP contribution in [0.5, 0.6) is 0 Å². The fourth-order valence-corrected chi connectivity index (χ4v) is 2.66. The minimum Gasteiger partial charge on any atom is -0.397 e. The van der Waals surface area contributed by atoms with Gasteiger partial charge in [0.05, 0.1) is 11.4 Å². The van der Waals surface area contributed by atoms with E-state index >= 15 is 0 Å². The largest absolute Gasteiger partial charge is 0.397 e. The molecule has 0 radical (unpaired) electrons. The zero-order valence-corrected chi connectivity index (χ0v) is 11.2. The Morgan fingerprint density at radius 1 is 1.20 bits per heavy atom. The summed E-state index contributed by atoms with van der Waals surface area (Å²) in [4.78, 5) is 22.5. The van der Waals surface area contributed by atoms with Crippen molar-refractivity contribution in [1.82, 2.24) is 5.32 Å². The second-order valence-electron chi connectivity index (χ2n) is 5.33. The SMILES string of the molecule is Nc1cc2c(cc1NCC1CCC(=O)N1)CCC(=O)N2. The Morgan fingerprint density at radius 2 is 2.05 bits per heavy atom. The number of amides is 2. The fraction of sp³-hybridized carbons (Fsp3) is 0.429. The quantitative estimate of drug-likeness (QED) is 0.614. The second kappa shape index (κ2) is 5.03. The normalized spacial score (nSPS) is 21.1. The van der Waals surface area contributed by atoms with E-state index in [0.29, 0.717) is 25.1 Å². The zero-order valence-electron chi connectivity index (χ0n) is 11.2. The van der Waals surface area contributed by atoms with Crippen LogP contribution < -0.4 is 21.7 Å². The summed E-state index contributed by atoms with van der Waals surface area (Å²) in [5.41, 5.74) is 9.37. The van der Waals surface area contributed by atoms with Crippen LogP contribution in [-0.4, -0.2) is 24.4 Å². The van der Waals surface area contributed by atoms with Crippen LogP contribution in [0.4, 0.5) is 17.1 Å². The van der Waals surface area contributed by atoms with Crippen molar-refractivity contribution in [3.05, 3.63) is 17.7 Å². The number of benzene rings is 1. The summed E-state index contributed by atoms with van der Waals surface area (Å²) in [5.74, 6) is 0.143. The first-order valence-electron chi connectivity index (χ1n) is 6.87. The predicted molar refractivity (Wildman–Crippen MR) is 77.5 cm³/mol. The third-order valence-electron chi connectivity index (χ3n) is 3.79. The topological polar surface area (TPSA) is 96.2 Å². The zero-order chi connectivity index (χ0) is 14.1. The van der Waals surface area contributed by atoms with E-state index in [1.54, 1.807) is 6.07 Å². The van der Waals surface area contributed by atoms with Crippen molar-refractivity contribution in [3.8, 4) is 0 Å². The molecule has 20 heavy (non-hydrogen) atoms. The third-order valence-corrected chi connectivity index (χ3v) is 3.79. The first-order chi connectivity index (χ1) is 9.61. The van der Waals surface area contributed by atoms with Gasteiger partial charge < -0.3 is 21.7 Å². The van der Waals surface area contributed by atoms with Crippen LogP contribution in [0.1, 0.15) is 24.8 Å². The van der Waals surface area contributed by atoms with Crippen molar-refractivity contribution in [2.75, 3.05) is 22.9 Å². The van der Waals surface area contributed by atoms with Crippen molar-refractivity contribution in [2.24, 2.45) is 0 Å². The van der Waals surface area contributed by atoms with Crippen LogP contribution in [0.2, 0.25) is 0 Å². The molecule has 2 aliphatic heterocycles. The summed E-state index contributed by atoms with van der Waals surface area (Å²) in [7, 11) is 0. The molecule has 0 bridgehead atoms. The molecule has 6 nitrogen and oxygen atoms in total. The Balaban J connectivity index is 1.70. The highest BCUT2D eigenvalue weighted by Crippen LogP contribution is 2.31. The van der Waals surface area contributed by atoms with Gasteiger partial charge in [0.2, 0.25) is 11.8 Å². The number of carbonyl (C=O) groups excluding carboxylic acids is 2. The van der Waals surface area contributed by atoms with Crippen LogP contribution in [0.3, 0.4) is 0 Å². The van der Waals surface area contributed by atoms with Gasteiger partial charge in [-0.2, -0.15) is 0 Å². The molecule has 106 valence electrons. The van der Waals surface area contributed by atoms with Crippen LogP contribution in [0.25, 0.3) is 0 Å². The summed E-state index contributed by atoms with van der Waals surface area (Å²) in [5, 5.41) is 9.02. The molecule has 2 amide bonds. The highest BCUT2D eigenvalue weighted by atomic mass is 16.2. The van der Waals surface area contributed by atoms with E-state index in [1.165, 1.54) is 0 Å². The molecule has 5 N–H and O–H groups in total. The molecule has 1 fully saturated rings. The molecule has 0 spiro atoms. The van der Waals surface area contributed by atoms with Crippen molar-refractivity contribution in [1.29, 1.82) is 0 Å². The maximum absolute atomic E-state index is 11.3. The molecule has 1 aromatic rings. The van der Waals surface area contributed by atoms with Gasteiger partial charge in [-0.05, 0) is 30.5 Å². The maximum atomic E-state index is 11.3. The van der Waals surface area contributed by atoms with Gasteiger partial charge >= 0.3 is 0 Å². The van der Waals surface area contributed by atoms with Gasteiger partial charge in [0.1, 0.15) is 0 Å². The van der Waals surface area contributed by atoms with E-state index in [4.69, 9.17) is 5.73 Å². The molecule has 1 unspecified atom stereocenters. The van der Waals surface area contributed by atoms with Gasteiger partial charge in [-0.1, -0.05) is 0 Å². The molecule has 0 saturated carbocycles. The first-order valence-corrected chi connectivity index (χ1v) is 6.87. The van der Waals surface area contributed by atoms with Crippen LogP contribution >= 0.6 is 0 Å². The molecular weight excluding hydrogens is 256 g/mol. The molecule has 0 aromatic heterocycles. The van der Waals surface area contributed by atoms with E-state index in [9.17, 15) is 9.59 Å². The summed E-state index contributed by atoms with van der Waals surface area (Å²) < 4.78 is 0. The number of nitrogen functional groups attached to an aromatic ring is 1. The van der Waals surface area contributed by atoms with E-state index in [0.717, 1.165) is 29.8 Å². The first kappa shape index (κ1) is 12.8. The van der Waals surface area contributed by atoms with Crippen LogP contribution in [-0.2, 0) is 16.0 Å². The maximum Gasteiger partial charge on any atom is 0.224 e. The molecule has 2 heterocycles. The number of aryl methyl sites for hydroxylation is 1. The number of carbonyl (C=O) groups is 2. The summed E-state index contributed by atoms with van der Waals surface area (Å²) in [6.07, 6.45) is 2.69. The molecule has 2 aliphatic rings. The van der Waals surface area contributed by atoms with Gasteiger partial charge in [0, 0.05) is 31.1 Å². The predicted octanol–water partition coefficient (Wildman–Crippen LogP) is 0.844. The Kier molecular flexibility index (Phi) is 3.22. The van der Waals surface area contributed by atoms with Crippen LogP contribution in [0, 0.1) is 0 Å². The van der Waals surface area contributed by atoms with Gasteiger partial charge in [0.25, 0.3) is 0 Å². The number of fused-ring (bicyclic) bond motifs is 1. The Bertz CT molecular complexity index is 571. The average molecular weight is 274 g/mol. The molecule has 6 heteroatoms. The lowest BCUT2D eigenvalue weighted by atomic mass is 10.0. The summed E-state index contributed by atoms with van der Waals surface area (Å²) in [6.45, 7) is 0.668. The molecule has 1 atom stereocenters. The van der Waals surface area contributed by atoms with E-state index < -0.39 is 0 Å².